The summed E-state index contributed by atoms with van der Waals surface area (Å²) >= 11 is 6.44. The van der Waals surface area contributed by atoms with Gasteiger partial charge in [0, 0.05) is 26.2 Å². The maximum atomic E-state index is 9.34. The summed E-state index contributed by atoms with van der Waals surface area (Å²) in [5, 5.41) is 14.6. The molecule has 0 aliphatic heterocycles. The van der Waals surface area contributed by atoms with Gasteiger partial charge in [-0.05, 0) is 19.3 Å². The van der Waals surface area contributed by atoms with Crippen molar-refractivity contribution in [3.05, 3.63) is 16.4 Å². The van der Waals surface area contributed by atoms with Crippen molar-refractivity contribution in [1.29, 1.82) is 0 Å². The Labute approximate surface area is 126 Å². The summed E-state index contributed by atoms with van der Waals surface area (Å²) in [5.74, 6) is 0. The lowest BCUT2D eigenvalue weighted by Crippen LogP contribution is -2.38. The third-order valence-corrected chi connectivity index (χ3v) is 4.77. The summed E-state index contributed by atoms with van der Waals surface area (Å²) < 4.78 is 1.90. The second-order valence-corrected chi connectivity index (χ2v) is 6.05. The van der Waals surface area contributed by atoms with E-state index in [1.807, 2.05) is 11.7 Å². The first-order chi connectivity index (χ1) is 9.67. The van der Waals surface area contributed by atoms with E-state index in [2.05, 4.69) is 16.9 Å². The molecule has 0 saturated heterocycles. The van der Waals surface area contributed by atoms with Crippen molar-refractivity contribution in [2.24, 2.45) is 7.05 Å². The molecule has 1 heterocycles. The number of aliphatic hydroxyl groups is 1. The Hall–Kier alpha value is -0.580. The van der Waals surface area contributed by atoms with E-state index < -0.39 is 0 Å². The fourth-order valence-corrected chi connectivity index (χ4v) is 3.50. The van der Waals surface area contributed by atoms with Crippen molar-refractivity contribution in [2.45, 2.75) is 58.0 Å². The van der Waals surface area contributed by atoms with Crippen molar-refractivity contribution < 1.29 is 5.11 Å². The number of rotatable bonds is 6. The number of nitrogens with zero attached hydrogens (tertiary/aromatic N) is 3. The van der Waals surface area contributed by atoms with E-state index in [0.717, 1.165) is 29.4 Å². The Morgan fingerprint density at radius 2 is 2.05 bits per heavy atom. The molecular weight excluding hydrogens is 274 g/mol. The van der Waals surface area contributed by atoms with E-state index in [0.29, 0.717) is 12.6 Å². The zero-order chi connectivity index (χ0) is 14.5. The summed E-state index contributed by atoms with van der Waals surface area (Å²) in [4.78, 5) is 2.38. The van der Waals surface area contributed by atoms with Gasteiger partial charge in [-0.25, -0.2) is 0 Å². The molecule has 0 amide bonds. The lowest BCUT2D eigenvalue weighted by molar-refractivity contribution is 0.114. The van der Waals surface area contributed by atoms with Gasteiger partial charge in [0.25, 0.3) is 0 Å². The quantitative estimate of drug-likeness (QED) is 0.878. The Morgan fingerprint density at radius 1 is 1.35 bits per heavy atom. The lowest BCUT2D eigenvalue weighted by Gasteiger charge is -2.33. The minimum Gasteiger partial charge on any atom is -0.395 e. The van der Waals surface area contributed by atoms with Crippen LogP contribution in [0.3, 0.4) is 0 Å². The molecule has 1 aliphatic carbocycles. The fraction of sp³-hybridized carbons (Fsp3) is 0.800. The van der Waals surface area contributed by atoms with Gasteiger partial charge in [-0.15, -0.1) is 0 Å². The van der Waals surface area contributed by atoms with Gasteiger partial charge in [0.2, 0.25) is 0 Å². The van der Waals surface area contributed by atoms with Crippen molar-refractivity contribution in [3.8, 4) is 0 Å². The zero-order valence-corrected chi connectivity index (χ0v) is 13.4. The van der Waals surface area contributed by atoms with Crippen molar-refractivity contribution >= 4 is 11.6 Å². The van der Waals surface area contributed by atoms with Crippen LogP contribution >= 0.6 is 11.6 Å². The van der Waals surface area contributed by atoms with Crippen LogP contribution in [-0.4, -0.2) is 39.0 Å². The summed E-state index contributed by atoms with van der Waals surface area (Å²) in [7, 11) is 1.96. The van der Waals surface area contributed by atoms with Gasteiger partial charge in [-0.3, -0.25) is 9.58 Å². The van der Waals surface area contributed by atoms with Crippen LogP contribution in [0.25, 0.3) is 0 Å². The minimum atomic E-state index is 0.201. The Balaban J connectivity index is 2.12. The molecule has 1 aromatic heterocycles. The zero-order valence-electron chi connectivity index (χ0n) is 12.6. The SMILES string of the molecule is CCc1nn(C)c(CN(CCO)C2CCCCC2)c1Cl. The lowest BCUT2D eigenvalue weighted by atomic mass is 9.94. The van der Waals surface area contributed by atoms with Gasteiger partial charge in [-0.1, -0.05) is 37.8 Å². The van der Waals surface area contributed by atoms with Gasteiger partial charge < -0.3 is 5.11 Å². The van der Waals surface area contributed by atoms with Gasteiger partial charge in [0.1, 0.15) is 0 Å². The maximum absolute atomic E-state index is 9.34. The molecule has 20 heavy (non-hydrogen) atoms. The topological polar surface area (TPSA) is 41.3 Å². The maximum Gasteiger partial charge on any atom is 0.0863 e. The van der Waals surface area contributed by atoms with Gasteiger partial charge in [-0.2, -0.15) is 5.10 Å². The standard InChI is InChI=1S/C15H26ClN3O/c1-3-13-15(16)14(18(2)17-13)11-19(9-10-20)12-7-5-4-6-8-12/h12,20H,3-11H2,1-2H3. The molecular formula is C15H26ClN3O. The third kappa shape index (κ3) is 3.54. The molecule has 1 aliphatic rings. The Morgan fingerprint density at radius 3 is 2.60 bits per heavy atom. The van der Waals surface area contributed by atoms with Gasteiger partial charge in [0.05, 0.1) is 23.0 Å². The van der Waals surface area contributed by atoms with E-state index in [1.54, 1.807) is 0 Å². The number of hydrogen-bond donors (Lipinski definition) is 1. The van der Waals surface area contributed by atoms with Gasteiger partial charge >= 0.3 is 0 Å². The molecule has 4 nitrogen and oxygen atoms in total. The molecule has 5 heteroatoms. The highest BCUT2D eigenvalue weighted by molar-refractivity contribution is 6.31. The number of hydrogen-bond acceptors (Lipinski definition) is 3. The molecule has 0 atom stereocenters. The molecule has 0 unspecified atom stereocenters. The number of aliphatic hydroxyl groups excluding tert-OH is 1. The monoisotopic (exact) mass is 299 g/mol. The molecule has 1 aromatic rings. The first kappa shape index (κ1) is 15.8. The third-order valence-electron chi connectivity index (χ3n) is 4.33. The smallest absolute Gasteiger partial charge is 0.0863 e. The van der Waals surface area contributed by atoms with Gasteiger partial charge in [0.15, 0.2) is 0 Å². The van der Waals surface area contributed by atoms with Crippen LogP contribution in [0.15, 0.2) is 0 Å². The predicted octanol–water partition coefficient (Wildman–Crippen LogP) is 2.76. The normalized spacial score (nSPS) is 17.1. The first-order valence-electron chi connectivity index (χ1n) is 7.72. The highest BCUT2D eigenvalue weighted by Gasteiger charge is 2.23. The molecule has 0 spiro atoms. The second kappa shape index (κ2) is 7.43. The molecule has 0 radical (unpaired) electrons. The van der Waals surface area contributed by atoms with Crippen LogP contribution in [0.5, 0.6) is 0 Å². The van der Waals surface area contributed by atoms with Crippen molar-refractivity contribution in [1.82, 2.24) is 14.7 Å². The van der Waals surface area contributed by atoms with E-state index >= 15 is 0 Å². The van der Waals surface area contributed by atoms with Crippen LogP contribution in [0.2, 0.25) is 5.02 Å². The van der Waals surface area contributed by atoms with E-state index in [4.69, 9.17) is 11.6 Å². The molecule has 2 rings (SSSR count). The molecule has 1 N–H and O–H groups in total. The average molecular weight is 300 g/mol. The summed E-state index contributed by atoms with van der Waals surface area (Å²) in [6.07, 6.45) is 7.26. The molecule has 1 saturated carbocycles. The largest absolute Gasteiger partial charge is 0.395 e. The highest BCUT2D eigenvalue weighted by Crippen LogP contribution is 2.27. The number of aryl methyl sites for hydroxylation is 2. The van der Waals surface area contributed by atoms with Crippen molar-refractivity contribution in [2.75, 3.05) is 13.2 Å². The number of halogens is 1. The first-order valence-corrected chi connectivity index (χ1v) is 8.10. The number of aromatic nitrogens is 2. The Kier molecular flexibility index (Phi) is 5.87. The highest BCUT2D eigenvalue weighted by atomic mass is 35.5. The van der Waals surface area contributed by atoms with E-state index in [-0.39, 0.29) is 6.61 Å². The van der Waals surface area contributed by atoms with Crippen LogP contribution in [0.1, 0.15) is 50.4 Å². The minimum absolute atomic E-state index is 0.201. The summed E-state index contributed by atoms with van der Waals surface area (Å²) in [6, 6.07) is 0.576. The molecule has 1 fully saturated rings. The molecule has 0 aromatic carbocycles. The van der Waals surface area contributed by atoms with Crippen LogP contribution < -0.4 is 0 Å². The second-order valence-electron chi connectivity index (χ2n) is 5.67. The van der Waals surface area contributed by atoms with E-state index in [9.17, 15) is 5.11 Å². The molecule has 114 valence electrons. The van der Waals surface area contributed by atoms with Crippen LogP contribution in [-0.2, 0) is 20.0 Å². The summed E-state index contributed by atoms with van der Waals surface area (Å²) in [5.41, 5.74) is 2.04. The fourth-order valence-electron chi connectivity index (χ4n) is 3.15. The average Bonchev–Trinajstić information content (AvgIpc) is 2.75. The predicted molar refractivity (Wildman–Crippen MR) is 82.0 cm³/mol. The van der Waals surface area contributed by atoms with Crippen molar-refractivity contribution in [3.63, 3.8) is 0 Å². The van der Waals surface area contributed by atoms with Crippen LogP contribution in [0, 0.1) is 0 Å². The van der Waals surface area contributed by atoms with E-state index in [1.165, 1.54) is 32.1 Å². The Bertz CT molecular complexity index is 427. The summed E-state index contributed by atoms with van der Waals surface area (Å²) in [6.45, 7) is 3.78. The van der Waals surface area contributed by atoms with Crippen LogP contribution in [0.4, 0.5) is 0 Å². The molecule has 0 bridgehead atoms.